The summed E-state index contributed by atoms with van der Waals surface area (Å²) < 4.78 is 4.79. The van der Waals surface area contributed by atoms with E-state index in [-0.39, 0.29) is 23.8 Å². The normalized spacial score (nSPS) is 9.83. The molecule has 0 fully saturated rings. The lowest BCUT2D eigenvalue weighted by atomic mass is 10.2. The molecule has 0 saturated heterocycles. The second-order valence-electron chi connectivity index (χ2n) is 3.80. The summed E-state index contributed by atoms with van der Waals surface area (Å²) >= 11 is 0. The number of ether oxygens (including phenoxy) is 1. The summed E-state index contributed by atoms with van der Waals surface area (Å²) in [4.78, 5) is 22.8. The maximum atomic E-state index is 11.5. The van der Waals surface area contributed by atoms with E-state index in [0.29, 0.717) is 6.54 Å². The average Bonchev–Trinajstić information content (AvgIpc) is 2.37. The van der Waals surface area contributed by atoms with Gasteiger partial charge in [-0.2, -0.15) is 0 Å². The van der Waals surface area contributed by atoms with Crippen LogP contribution in [-0.2, 0) is 9.53 Å². The molecule has 0 radical (unpaired) electrons. The van der Waals surface area contributed by atoms with Crippen molar-refractivity contribution in [3.05, 3.63) is 29.8 Å². The van der Waals surface area contributed by atoms with Crippen molar-refractivity contribution in [2.45, 2.75) is 19.8 Å². The van der Waals surface area contributed by atoms with Gasteiger partial charge in [0.2, 0.25) is 0 Å². The zero-order valence-electron chi connectivity index (χ0n) is 10.3. The summed E-state index contributed by atoms with van der Waals surface area (Å²) in [6.45, 7) is 2.25. The predicted octanol–water partition coefficient (Wildman–Crippen LogP) is 1.47. The van der Waals surface area contributed by atoms with Gasteiger partial charge in [-0.3, -0.25) is 4.79 Å². The lowest BCUT2D eigenvalue weighted by molar-refractivity contribution is -0.124. The number of unbranched alkanes of at least 4 members (excludes halogenated alkanes) is 1. The smallest absolute Gasteiger partial charge is 0.342 e. The maximum absolute atomic E-state index is 11.5. The summed E-state index contributed by atoms with van der Waals surface area (Å²) in [5.74, 6) is -1.21. The monoisotopic (exact) mass is 251 g/mol. The number of hydrogen-bond donors (Lipinski definition) is 2. The van der Waals surface area contributed by atoms with Gasteiger partial charge >= 0.3 is 5.97 Å². The van der Waals surface area contributed by atoms with E-state index in [9.17, 15) is 14.7 Å². The Bertz CT molecular complexity index is 417. The van der Waals surface area contributed by atoms with Crippen LogP contribution in [0.25, 0.3) is 0 Å². The fourth-order valence-electron chi connectivity index (χ4n) is 1.31. The molecule has 0 aliphatic heterocycles. The van der Waals surface area contributed by atoms with Gasteiger partial charge in [-0.25, -0.2) is 4.79 Å². The van der Waals surface area contributed by atoms with Gasteiger partial charge in [0.15, 0.2) is 6.61 Å². The highest BCUT2D eigenvalue weighted by Gasteiger charge is 2.13. The summed E-state index contributed by atoms with van der Waals surface area (Å²) in [5, 5.41) is 12.0. The number of phenols is 1. The molecule has 0 heterocycles. The first-order valence-corrected chi connectivity index (χ1v) is 5.87. The minimum atomic E-state index is -0.709. The fraction of sp³-hybridized carbons (Fsp3) is 0.385. The van der Waals surface area contributed by atoms with Crippen molar-refractivity contribution >= 4 is 11.9 Å². The molecule has 0 aliphatic rings. The Kier molecular flexibility index (Phi) is 5.70. The summed E-state index contributed by atoms with van der Waals surface area (Å²) in [5.41, 5.74) is 0.0545. The molecule has 1 aromatic carbocycles. The van der Waals surface area contributed by atoms with Crippen LogP contribution in [0, 0.1) is 0 Å². The van der Waals surface area contributed by atoms with Gasteiger partial charge in [0.1, 0.15) is 11.3 Å². The number of hydrogen-bond acceptors (Lipinski definition) is 4. The van der Waals surface area contributed by atoms with Crippen LogP contribution in [-0.4, -0.2) is 30.1 Å². The number of rotatable bonds is 6. The zero-order valence-corrected chi connectivity index (χ0v) is 10.3. The third-order valence-electron chi connectivity index (χ3n) is 2.31. The van der Waals surface area contributed by atoms with E-state index in [1.165, 1.54) is 12.1 Å². The van der Waals surface area contributed by atoms with Crippen LogP contribution in [0.1, 0.15) is 30.1 Å². The van der Waals surface area contributed by atoms with E-state index in [1.807, 2.05) is 6.92 Å². The molecule has 0 unspecified atom stereocenters. The van der Waals surface area contributed by atoms with Crippen LogP contribution >= 0.6 is 0 Å². The first kappa shape index (κ1) is 14.0. The van der Waals surface area contributed by atoms with Crippen LogP contribution in [0.4, 0.5) is 0 Å². The molecule has 2 N–H and O–H groups in total. The van der Waals surface area contributed by atoms with Crippen molar-refractivity contribution in [1.82, 2.24) is 5.32 Å². The first-order valence-electron chi connectivity index (χ1n) is 5.87. The number of amides is 1. The fourth-order valence-corrected chi connectivity index (χ4v) is 1.31. The Morgan fingerprint density at radius 1 is 1.33 bits per heavy atom. The minimum absolute atomic E-state index is 0.0545. The molecule has 0 bridgehead atoms. The SMILES string of the molecule is CCCCNC(=O)COC(=O)c1ccccc1O. The average molecular weight is 251 g/mol. The molecule has 98 valence electrons. The van der Waals surface area contributed by atoms with Gasteiger partial charge in [-0.1, -0.05) is 25.5 Å². The van der Waals surface area contributed by atoms with E-state index in [2.05, 4.69) is 5.32 Å². The molecular weight excluding hydrogens is 234 g/mol. The third-order valence-corrected chi connectivity index (χ3v) is 2.31. The quantitative estimate of drug-likeness (QED) is 0.593. The molecule has 1 aromatic rings. The molecule has 1 amide bonds. The summed E-state index contributed by atoms with van der Waals surface area (Å²) in [6.07, 6.45) is 1.87. The number of aromatic hydroxyl groups is 1. The van der Waals surface area contributed by atoms with Gasteiger partial charge in [-0.05, 0) is 18.6 Å². The standard InChI is InChI=1S/C13H17NO4/c1-2-3-8-14-12(16)9-18-13(17)10-6-4-5-7-11(10)15/h4-7,15H,2-3,8-9H2,1H3,(H,14,16). The highest BCUT2D eigenvalue weighted by atomic mass is 16.5. The highest BCUT2D eigenvalue weighted by molar-refractivity contribution is 5.93. The second kappa shape index (κ2) is 7.32. The number of para-hydroxylation sites is 1. The van der Waals surface area contributed by atoms with Crippen molar-refractivity contribution in [3.8, 4) is 5.75 Å². The van der Waals surface area contributed by atoms with Gasteiger partial charge in [0.05, 0.1) is 0 Å². The largest absolute Gasteiger partial charge is 0.507 e. The van der Waals surface area contributed by atoms with Gasteiger partial charge in [0, 0.05) is 6.54 Å². The number of carbonyl (C=O) groups is 2. The summed E-state index contributed by atoms with van der Waals surface area (Å²) in [6, 6.07) is 6.03. The molecule has 1 rings (SSSR count). The van der Waals surface area contributed by atoms with Gasteiger partial charge in [0.25, 0.3) is 5.91 Å². The zero-order chi connectivity index (χ0) is 13.4. The number of nitrogens with one attached hydrogen (secondary N) is 1. The highest BCUT2D eigenvalue weighted by Crippen LogP contribution is 2.16. The van der Waals surface area contributed by atoms with Crippen LogP contribution < -0.4 is 5.32 Å². The Hall–Kier alpha value is -2.04. The van der Waals surface area contributed by atoms with Gasteiger partial charge < -0.3 is 15.2 Å². The lowest BCUT2D eigenvalue weighted by Crippen LogP contribution is -2.29. The minimum Gasteiger partial charge on any atom is -0.507 e. The van der Waals surface area contributed by atoms with Crippen molar-refractivity contribution in [2.75, 3.05) is 13.2 Å². The van der Waals surface area contributed by atoms with E-state index >= 15 is 0 Å². The molecule has 5 heteroatoms. The van der Waals surface area contributed by atoms with Crippen molar-refractivity contribution in [1.29, 1.82) is 0 Å². The molecule has 18 heavy (non-hydrogen) atoms. The second-order valence-corrected chi connectivity index (χ2v) is 3.80. The van der Waals surface area contributed by atoms with E-state index in [0.717, 1.165) is 12.8 Å². The van der Waals surface area contributed by atoms with Crippen LogP contribution in [0.5, 0.6) is 5.75 Å². The van der Waals surface area contributed by atoms with Crippen molar-refractivity contribution < 1.29 is 19.4 Å². The van der Waals surface area contributed by atoms with E-state index in [1.54, 1.807) is 12.1 Å². The lowest BCUT2D eigenvalue weighted by Gasteiger charge is -2.06. The molecular formula is C13H17NO4. The van der Waals surface area contributed by atoms with Crippen LogP contribution in [0.3, 0.4) is 0 Å². The summed E-state index contributed by atoms with van der Waals surface area (Å²) in [7, 11) is 0. The molecule has 0 atom stereocenters. The number of benzene rings is 1. The first-order chi connectivity index (χ1) is 8.65. The number of esters is 1. The molecule has 0 aliphatic carbocycles. The number of phenolic OH excluding ortho intramolecular Hbond substituents is 1. The molecule has 0 saturated carbocycles. The van der Waals surface area contributed by atoms with E-state index in [4.69, 9.17) is 4.74 Å². The maximum Gasteiger partial charge on any atom is 0.342 e. The number of carbonyl (C=O) groups excluding carboxylic acids is 2. The Balaban J connectivity index is 2.38. The Labute approximate surface area is 106 Å². The molecule has 0 aromatic heterocycles. The topological polar surface area (TPSA) is 75.6 Å². The van der Waals surface area contributed by atoms with Crippen LogP contribution in [0.2, 0.25) is 0 Å². The van der Waals surface area contributed by atoms with Crippen LogP contribution in [0.15, 0.2) is 24.3 Å². The third kappa shape index (κ3) is 4.45. The molecule has 0 spiro atoms. The predicted molar refractivity (Wildman–Crippen MR) is 66.3 cm³/mol. The van der Waals surface area contributed by atoms with Crippen molar-refractivity contribution in [2.24, 2.45) is 0 Å². The van der Waals surface area contributed by atoms with Crippen molar-refractivity contribution in [3.63, 3.8) is 0 Å². The molecule has 5 nitrogen and oxygen atoms in total. The van der Waals surface area contributed by atoms with E-state index < -0.39 is 5.97 Å². The van der Waals surface area contributed by atoms with Gasteiger partial charge in [-0.15, -0.1) is 0 Å². The Morgan fingerprint density at radius 2 is 2.06 bits per heavy atom. The Morgan fingerprint density at radius 3 is 2.72 bits per heavy atom.